The molecule has 0 aromatic heterocycles. The first-order chi connectivity index (χ1) is 8.29. The molecule has 0 aliphatic heterocycles. The van der Waals surface area contributed by atoms with Gasteiger partial charge in [-0.3, -0.25) is 4.79 Å². The van der Waals surface area contributed by atoms with Gasteiger partial charge in [-0.1, -0.05) is 50.2 Å². The third-order valence-electron chi connectivity index (χ3n) is 3.58. The second-order valence-electron chi connectivity index (χ2n) is 5.20. The number of hydrogen-bond donors (Lipinski definition) is 1. The molecule has 0 aromatic carbocycles. The van der Waals surface area contributed by atoms with E-state index in [0.29, 0.717) is 6.42 Å². The molecule has 0 unspecified atom stereocenters. The van der Waals surface area contributed by atoms with Gasteiger partial charge in [0.25, 0.3) is 0 Å². The van der Waals surface area contributed by atoms with Crippen LogP contribution in [0.4, 0.5) is 0 Å². The standard InChI is InChI=1S/C15H27NO/c16-15(17)13-12-14-10-8-6-4-2-1-3-5-7-9-11-14/h10H,1-9,11-13H2,(H2,16,17)/b14-10+. The monoisotopic (exact) mass is 237 g/mol. The van der Waals surface area contributed by atoms with Crippen LogP contribution >= 0.6 is 0 Å². The zero-order chi connectivity index (χ0) is 12.3. The quantitative estimate of drug-likeness (QED) is 0.738. The third-order valence-corrected chi connectivity index (χ3v) is 3.58. The molecule has 0 saturated heterocycles. The van der Waals surface area contributed by atoms with Gasteiger partial charge in [-0.05, 0) is 32.1 Å². The van der Waals surface area contributed by atoms with E-state index in [2.05, 4.69) is 6.08 Å². The number of carbonyl (C=O) groups is 1. The van der Waals surface area contributed by atoms with Gasteiger partial charge in [-0.2, -0.15) is 0 Å². The topological polar surface area (TPSA) is 43.1 Å². The largest absolute Gasteiger partial charge is 0.370 e. The van der Waals surface area contributed by atoms with E-state index in [9.17, 15) is 4.79 Å². The summed E-state index contributed by atoms with van der Waals surface area (Å²) in [5.74, 6) is -0.169. The van der Waals surface area contributed by atoms with Gasteiger partial charge in [0, 0.05) is 6.42 Å². The summed E-state index contributed by atoms with van der Waals surface area (Å²) >= 11 is 0. The SMILES string of the molecule is NC(=O)CC/C1=C/CCCCCCCCCC1. The number of nitrogens with two attached hydrogens (primary N) is 1. The summed E-state index contributed by atoms with van der Waals surface area (Å²) in [7, 11) is 0. The number of carbonyl (C=O) groups excluding carboxylic acids is 1. The van der Waals surface area contributed by atoms with E-state index in [4.69, 9.17) is 5.73 Å². The Morgan fingerprint density at radius 1 is 1.00 bits per heavy atom. The molecule has 1 amide bonds. The van der Waals surface area contributed by atoms with Gasteiger partial charge in [0.1, 0.15) is 0 Å². The van der Waals surface area contributed by atoms with E-state index >= 15 is 0 Å². The molecule has 1 aliphatic carbocycles. The van der Waals surface area contributed by atoms with Crippen molar-refractivity contribution in [2.75, 3.05) is 0 Å². The van der Waals surface area contributed by atoms with Gasteiger partial charge < -0.3 is 5.73 Å². The zero-order valence-corrected chi connectivity index (χ0v) is 11.0. The van der Waals surface area contributed by atoms with Crippen LogP contribution in [0.25, 0.3) is 0 Å². The molecule has 0 atom stereocenters. The van der Waals surface area contributed by atoms with Crippen molar-refractivity contribution < 1.29 is 4.79 Å². The number of hydrogen-bond acceptors (Lipinski definition) is 1. The summed E-state index contributed by atoms with van der Waals surface area (Å²) < 4.78 is 0. The lowest BCUT2D eigenvalue weighted by Gasteiger charge is -2.09. The van der Waals surface area contributed by atoms with Crippen LogP contribution in [0.15, 0.2) is 11.6 Å². The lowest BCUT2D eigenvalue weighted by Crippen LogP contribution is -2.10. The zero-order valence-electron chi connectivity index (χ0n) is 11.0. The minimum Gasteiger partial charge on any atom is -0.370 e. The van der Waals surface area contributed by atoms with Gasteiger partial charge in [0.15, 0.2) is 0 Å². The van der Waals surface area contributed by atoms with Crippen molar-refractivity contribution in [1.29, 1.82) is 0 Å². The predicted octanol–water partition coefficient (Wildman–Crippen LogP) is 4.09. The van der Waals surface area contributed by atoms with Crippen molar-refractivity contribution in [3.63, 3.8) is 0 Å². The van der Waals surface area contributed by atoms with Gasteiger partial charge in [-0.15, -0.1) is 0 Å². The fourth-order valence-corrected chi connectivity index (χ4v) is 2.48. The van der Waals surface area contributed by atoms with Crippen molar-refractivity contribution in [2.24, 2.45) is 5.73 Å². The molecule has 0 saturated carbocycles. The van der Waals surface area contributed by atoms with Crippen LogP contribution in [0, 0.1) is 0 Å². The van der Waals surface area contributed by atoms with Crippen molar-refractivity contribution >= 4 is 5.91 Å². The first-order valence-corrected chi connectivity index (χ1v) is 7.25. The Bertz CT molecular complexity index is 245. The second-order valence-corrected chi connectivity index (χ2v) is 5.20. The Morgan fingerprint density at radius 2 is 1.59 bits per heavy atom. The van der Waals surface area contributed by atoms with Crippen molar-refractivity contribution in [1.82, 2.24) is 0 Å². The van der Waals surface area contributed by atoms with Crippen LogP contribution in [-0.2, 0) is 4.79 Å². The summed E-state index contributed by atoms with van der Waals surface area (Å²) in [5.41, 5.74) is 6.68. The first-order valence-electron chi connectivity index (χ1n) is 7.25. The van der Waals surface area contributed by atoms with Crippen molar-refractivity contribution in [2.45, 2.75) is 77.0 Å². The lowest BCUT2D eigenvalue weighted by atomic mass is 9.98. The molecule has 0 aromatic rings. The maximum Gasteiger partial charge on any atom is 0.217 e. The van der Waals surface area contributed by atoms with Gasteiger partial charge in [-0.25, -0.2) is 0 Å². The molecule has 0 bridgehead atoms. The highest BCUT2D eigenvalue weighted by atomic mass is 16.1. The van der Waals surface area contributed by atoms with Crippen LogP contribution < -0.4 is 5.73 Å². The fourth-order valence-electron chi connectivity index (χ4n) is 2.48. The molecular weight excluding hydrogens is 210 g/mol. The van der Waals surface area contributed by atoms with E-state index in [1.807, 2.05) is 0 Å². The highest BCUT2D eigenvalue weighted by Gasteiger charge is 2.02. The van der Waals surface area contributed by atoms with Gasteiger partial charge >= 0.3 is 0 Å². The highest BCUT2D eigenvalue weighted by Crippen LogP contribution is 2.19. The molecule has 1 aliphatic rings. The fraction of sp³-hybridized carbons (Fsp3) is 0.800. The third kappa shape index (κ3) is 8.00. The van der Waals surface area contributed by atoms with E-state index in [0.717, 1.165) is 6.42 Å². The summed E-state index contributed by atoms with van der Waals surface area (Å²) in [6.07, 6.45) is 17.0. The number of amides is 1. The normalized spacial score (nSPS) is 22.9. The molecule has 0 fully saturated rings. The Labute approximate surface area is 106 Å². The van der Waals surface area contributed by atoms with Gasteiger partial charge in [0.2, 0.25) is 5.91 Å². The lowest BCUT2D eigenvalue weighted by molar-refractivity contribution is -0.117. The maximum absolute atomic E-state index is 10.8. The average molecular weight is 237 g/mol. The van der Waals surface area contributed by atoms with Gasteiger partial charge in [0.05, 0.1) is 0 Å². The molecule has 0 radical (unpaired) electrons. The number of rotatable bonds is 3. The van der Waals surface area contributed by atoms with E-state index in [1.54, 1.807) is 0 Å². The number of allylic oxidation sites excluding steroid dienone is 2. The van der Waals surface area contributed by atoms with Crippen LogP contribution in [0.1, 0.15) is 77.0 Å². The minimum atomic E-state index is -0.169. The Morgan fingerprint density at radius 3 is 2.24 bits per heavy atom. The van der Waals surface area contributed by atoms with Crippen LogP contribution in [-0.4, -0.2) is 5.91 Å². The number of primary amides is 1. The molecule has 0 spiro atoms. The molecular formula is C15H27NO. The Kier molecular flexibility index (Phi) is 7.78. The van der Waals surface area contributed by atoms with Crippen molar-refractivity contribution in [3.05, 3.63) is 11.6 Å². The molecule has 1 rings (SSSR count). The summed E-state index contributed by atoms with van der Waals surface area (Å²) in [5, 5.41) is 0. The summed E-state index contributed by atoms with van der Waals surface area (Å²) in [6, 6.07) is 0. The molecule has 2 nitrogen and oxygen atoms in total. The van der Waals surface area contributed by atoms with E-state index in [1.165, 1.54) is 69.8 Å². The molecule has 2 N–H and O–H groups in total. The molecule has 0 heterocycles. The van der Waals surface area contributed by atoms with Crippen LogP contribution in [0.2, 0.25) is 0 Å². The van der Waals surface area contributed by atoms with E-state index in [-0.39, 0.29) is 5.91 Å². The smallest absolute Gasteiger partial charge is 0.217 e. The summed E-state index contributed by atoms with van der Waals surface area (Å²) in [4.78, 5) is 10.8. The van der Waals surface area contributed by atoms with E-state index < -0.39 is 0 Å². The molecule has 2 heteroatoms. The Hall–Kier alpha value is -0.790. The molecule has 17 heavy (non-hydrogen) atoms. The van der Waals surface area contributed by atoms with Crippen molar-refractivity contribution in [3.8, 4) is 0 Å². The minimum absolute atomic E-state index is 0.169. The first kappa shape index (κ1) is 14.3. The average Bonchev–Trinajstić information content (AvgIpc) is 2.28. The van der Waals surface area contributed by atoms with Crippen LogP contribution in [0.3, 0.4) is 0 Å². The maximum atomic E-state index is 10.8. The second kappa shape index (κ2) is 9.26. The van der Waals surface area contributed by atoms with Crippen LogP contribution in [0.5, 0.6) is 0 Å². The Balaban J connectivity index is 2.36. The summed E-state index contributed by atoms with van der Waals surface area (Å²) in [6.45, 7) is 0. The highest BCUT2D eigenvalue weighted by molar-refractivity contribution is 5.73. The molecule has 98 valence electrons. The predicted molar refractivity (Wildman–Crippen MR) is 72.7 cm³/mol.